The van der Waals surface area contributed by atoms with Gasteiger partial charge in [0.2, 0.25) is 29.5 Å². The van der Waals surface area contributed by atoms with Crippen LogP contribution in [0, 0.1) is 0 Å². The van der Waals surface area contributed by atoms with Gasteiger partial charge in [-0.1, -0.05) is 0 Å². The molecular weight excluding hydrogens is 446 g/mol. The first-order valence-electron chi connectivity index (χ1n) is 9.69. The lowest BCUT2D eigenvalue weighted by molar-refractivity contribution is -0.142. The van der Waals surface area contributed by atoms with Crippen molar-refractivity contribution in [2.75, 3.05) is 12.3 Å². The van der Waals surface area contributed by atoms with Crippen LogP contribution in [0.25, 0.3) is 0 Å². The molecule has 0 heterocycles. The van der Waals surface area contributed by atoms with Crippen LogP contribution in [0.4, 0.5) is 0 Å². The van der Waals surface area contributed by atoms with E-state index in [0.29, 0.717) is 19.4 Å². The van der Waals surface area contributed by atoms with E-state index >= 15 is 0 Å². The quantitative estimate of drug-likeness (QED) is 0.0767. The summed E-state index contributed by atoms with van der Waals surface area (Å²) in [5.41, 5.74) is 21.1. The number of unbranched alkanes of at least 4 members (excludes halogenated alkanes) is 1. The minimum atomic E-state index is -1.57. The molecule has 14 nitrogen and oxygen atoms in total. The Morgan fingerprint density at radius 3 is 1.59 bits per heavy atom. The normalized spacial score (nSPS) is 14.3. The van der Waals surface area contributed by atoms with Crippen LogP contribution in [-0.2, 0) is 28.8 Å². The number of amides is 5. The lowest BCUT2D eigenvalue weighted by Gasteiger charge is -2.24. The van der Waals surface area contributed by atoms with Gasteiger partial charge in [0.05, 0.1) is 18.9 Å². The average Bonchev–Trinajstić information content (AvgIpc) is 2.70. The van der Waals surface area contributed by atoms with E-state index in [9.17, 15) is 33.9 Å². The number of nitrogens with two attached hydrogens (primary N) is 4. The molecule has 0 fully saturated rings. The molecule has 4 atom stereocenters. The molecule has 12 N–H and O–H groups in total. The zero-order valence-corrected chi connectivity index (χ0v) is 18.3. The minimum absolute atomic E-state index is 0.0514. The standard InChI is InChI=1S/C17H31N7O7S/c18-4-2-1-3-9(17(30)31)22-15(28)11(6-13(21)26)24-16(29)10(5-12(20)25)23-14(27)8(19)7-32/h8-11,32H,1-7,18-19H2,(H2,20,25)(H2,21,26)(H,22,28)(H,23,27)(H,24,29)(H,30,31)/t8-,9-,10-,11-/m0/s1. The van der Waals surface area contributed by atoms with Gasteiger partial charge in [-0.15, -0.1) is 0 Å². The van der Waals surface area contributed by atoms with Crippen LogP contribution in [0.15, 0.2) is 0 Å². The molecule has 0 bridgehead atoms. The van der Waals surface area contributed by atoms with Gasteiger partial charge < -0.3 is 44.0 Å². The molecule has 0 aromatic carbocycles. The fraction of sp³-hybridized carbons (Fsp3) is 0.647. The van der Waals surface area contributed by atoms with Crippen molar-refractivity contribution in [1.29, 1.82) is 0 Å². The number of rotatable bonds is 16. The van der Waals surface area contributed by atoms with Crippen molar-refractivity contribution in [3.8, 4) is 0 Å². The van der Waals surface area contributed by atoms with Crippen molar-refractivity contribution >= 4 is 48.1 Å². The van der Waals surface area contributed by atoms with Gasteiger partial charge in [-0.2, -0.15) is 12.6 Å². The van der Waals surface area contributed by atoms with E-state index in [1.807, 2.05) is 0 Å². The molecule has 0 aromatic heterocycles. The third kappa shape index (κ3) is 11.5. The maximum atomic E-state index is 12.6. The van der Waals surface area contributed by atoms with Crippen molar-refractivity contribution < 1.29 is 33.9 Å². The SMILES string of the molecule is NCCCC[C@H](NC(=O)[C@H](CC(N)=O)NC(=O)[C@H](CC(N)=O)NC(=O)[C@@H](N)CS)C(=O)O. The fourth-order valence-electron chi connectivity index (χ4n) is 2.48. The van der Waals surface area contributed by atoms with E-state index in [0.717, 1.165) is 0 Å². The van der Waals surface area contributed by atoms with Gasteiger partial charge in [0.15, 0.2) is 0 Å². The number of thiol groups is 1. The number of aliphatic carboxylic acids is 1. The van der Waals surface area contributed by atoms with E-state index in [1.54, 1.807) is 0 Å². The van der Waals surface area contributed by atoms with Crippen LogP contribution < -0.4 is 38.9 Å². The third-order valence-corrected chi connectivity index (χ3v) is 4.56. The Kier molecular flexibility index (Phi) is 13.6. The highest BCUT2D eigenvalue weighted by Crippen LogP contribution is 2.04. The lowest BCUT2D eigenvalue weighted by Crippen LogP contribution is -2.58. The number of hydrogen-bond acceptors (Lipinski definition) is 9. The van der Waals surface area contributed by atoms with Crippen LogP contribution in [0.2, 0.25) is 0 Å². The molecule has 0 radical (unpaired) electrons. The van der Waals surface area contributed by atoms with E-state index in [4.69, 9.17) is 22.9 Å². The summed E-state index contributed by atoms with van der Waals surface area (Å²) in [5, 5.41) is 15.9. The van der Waals surface area contributed by atoms with Crippen molar-refractivity contribution in [2.24, 2.45) is 22.9 Å². The summed E-state index contributed by atoms with van der Waals surface area (Å²) in [6.07, 6.45) is -0.279. The molecule has 0 spiro atoms. The summed E-state index contributed by atoms with van der Waals surface area (Å²) in [6, 6.07) is -5.46. The van der Waals surface area contributed by atoms with Gasteiger partial charge in [-0.25, -0.2) is 4.79 Å². The van der Waals surface area contributed by atoms with Gasteiger partial charge in [0.1, 0.15) is 18.1 Å². The van der Waals surface area contributed by atoms with E-state index in [-0.39, 0.29) is 12.2 Å². The molecule has 0 aliphatic heterocycles. The number of carboxylic acid groups (broad SMARTS) is 1. The van der Waals surface area contributed by atoms with Crippen molar-refractivity contribution in [3.05, 3.63) is 0 Å². The summed E-state index contributed by atoms with van der Waals surface area (Å²) in [5.74, 6) is -6.10. The average molecular weight is 478 g/mol. The predicted octanol–water partition coefficient (Wildman–Crippen LogP) is -4.34. The number of hydrogen-bond donors (Lipinski definition) is 9. The van der Waals surface area contributed by atoms with Crippen LogP contribution >= 0.6 is 12.6 Å². The maximum Gasteiger partial charge on any atom is 0.326 e. The highest BCUT2D eigenvalue weighted by atomic mass is 32.1. The molecule has 182 valence electrons. The number of carbonyl (C=O) groups is 6. The second kappa shape index (κ2) is 15.0. The zero-order valence-electron chi connectivity index (χ0n) is 17.4. The number of nitrogens with one attached hydrogen (secondary N) is 3. The Morgan fingerprint density at radius 1 is 0.781 bits per heavy atom. The molecule has 0 saturated carbocycles. The van der Waals surface area contributed by atoms with Crippen molar-refractivity contribution in [1.82, 2.24) is 16.0 Å². The molecule has 0 unspecified atom stereocenters. The van der Waals surface area contributed by atoms with E-state index in [1.165, 1.54) is 0 Å². The Morgan fingerprint density at radius 2 is 1.22 bits per heavy atom. The van der Waals surface area contributed by atoms with Crippen LogP contribution in [0.3, 0.4) is 0 Å². The van der Waals surface area contributed by atoms with E-state index < -0.39 is 72.5 Å². The summed E-state index contributed by atoms with van der Waals surface area (Å²) in [6.45, 7) is 0.338. The lowest BCUT2D eigenvalue weighted by atomic mass is 10.1. The highest BCUT2D eigenvalue weighted by Gasteiger charge is 2.31. The monoisotopic (exact) mass is 477 g/mol. The summed E-state index contributed by atoms with van der Waals surface area (Å²) in [7, 11) is 0. The molecule has 5 amide bonds. The molecule has 0 saturated heterocycles. The highest BCUT2D eigenvalue weighted by molar-refractivity contribution is 7.80. The molecule has 0 aromatic rings. The summed E-state index contributed by atoms with van der Waals surface area (Å²) in [4.78, 5) is 71.2. The van der Waals surface area contributed by atoms with Gasteiger partial charge in [0.25, 0.3) is 0 Å². The zero-order chi connectivity index (χ0) is 24.8. The topological polar surface area (TPSA) is 263 Å². The second-order valence-corrected chi connectivity index (χ2v) is 7.30. The number of carboxylic acids is 1. The molecule has 0 rings (SSSR count). The molecule has 15 heteroatoms. The Balaban J connectivity index is 5.44. The van der Waals surface area contributed by atoms with Crippen LogP contribution in [0.5, 0.6) is 0 Å². The largest absolute Gasteiger partial charge is 0.480 e. The van der Waals surface area contributed by atoms with Crippen LogP contribution in [0.1, 0.15) is 32.1 Å². The molecule has 0 aliphatic carbocycles. The predicted molar refractivity (Wildman–Crippen MR) is 116 cm³/mol. The first-order valence-corrected chi connectivity index (χ1v) is 10.3. The van der Waals surface area contributed by atoms with Gasteiger partial charge in [-0.05, 0) is 25.8 Å². The second-order valence-electron chi connectivity index (χ2n) is 6.94. The fourth-order valence-corrected chi connectivity index (χ4v) is 2.64. The first-order chi connectivity index (χ1) is 14.9. The van der Waals surface area contributed by atoms with Gasteiger partial charge in [-0.3, -0.25) is 24.0 Å². The Labute approximate surface area is 190 Å². The number of carbonyl (C=O) groups excluding carboxylic acids is 5. The molecule has 32 heavy (non-hydrogen) atoms. The van der Waals surface area contributed by atoms with E-state index in [2.05, 4.69) is 28.6 Å². The third-order valence-electron chi connectivity index (χ3n) is 4.17. The smallest absolute Gasteiger partial charge is 0.326 e. The van der Waals surface area contributed by atoms with Crippen molar-refractivity contribution in [3.63, 3.8) is 0 Å². The number of primary amides is 2. The van der Waals surface area contributed by atoms with Crippen LogP contribution in [-0.4, -0.2) is 77.1 Å². The minimum Gasteiger partial charge on any atom is -0.480 e. The Hall–Kier alpha value is -2.91. The maximum absolute atomic E-state index is 12.6. The van der Waals surface area contributed by atoms with Gasteiger partial charge in [0, 0.05) is 5.75 Å². The van der Waals surface area contributed by atoms with Gasteiger partial charge >= 0.3 is 5.97 Å². The Bertz CT molecular complexity index is 707. The summed E-state index contributed by atoms with van der Waals surface area (Å²) < 4.78 is 0. The molecular formula is C17H31N7O7S. The summed E-state index contributed by atoms with van der Waals surface area (Å²) >= 11 is 3.86. The van der Waals surface area contributed by atoms with Crippen molar-refractivity contribution in [2.45, 2.75) is 56.3 Å². The first kappa shape index (κ1) is 29.1. The molecule has 0 aliphatic rings.